The number of rotatable bonds is 7. The van der Waals surface area contributed by atoms with Crippen LogP contribution in [0.5, 0.6) is 0 Å². The summed E-state index contributed by atoms with van der Waals surface area (Å²) in [5, 5.41) is 3.58. The maximum Gasteiger partial charge on any atom is 0.0347 e. The van der Waals surface area contributed by atoms with E-state index < -0.39 is 0 Å². The Morgan fingerprint density at radius 3 is 2.56 bits per heavy atom. The van der Waals surface area contributed by atoms with Crippen LogP contribution in [-0.2, 0) is 0 Å². The number of halogens is 1. The number of hydrogen-bond acceptors (Lipinski definition) is 2. The first kappa shape index (κ1) is 15.8. The van der Waals surface area contributed by atoms with Gasteiger partial charge in [0.05, 0.1) is 0 Å². The van der Waals surface area contributed by atoms with E-state index in [4.69, 9.17) is 0 Å². The van der Waals surface area contributed by atoms with E-state index in [1.54, 1.807) is 0 Å². The molecule has 18 heavy (non-hydrogen) atoms. The number of thioether (sulfide) groups is 1. The van der Waals surface area contributed by atoms with Gasteiger partial charge in [0.15, 0.2) is 0 Å². The Morgan fingerprint density at radius 1 is 1.33 bits per heavy atom. The lowest BCUT2D eigenvalue weighted by atomic mass is 10.2. The molecule has 0 saturated heterocycles. The smallest absolute Gasteiger partial charge is 0.0347 e. The molecule has 0 saturated carbocycles. The van der Waals surface area contributed by atoms with Crippen LogP contribution in [0.1, 0.15) is 27.2 Å². The van der Waals surface area contributed by atoms with E-state index in [9.17, 15) is 0 Å². The van der Waals surface area contributed by atoms with Gasteiger partial charge in [-0.15, -0.1) is 11.8 Å². The van der Waals surface area contributed by atoms with Crippen LogP contribution in [0.2, 0.25) is 0 Å². The summed E-state index contributed by atoms with van der Waals surface area (Å²) in [4.78, 5) is 1.32. The van der Waals surface area contributed by atoms with Gasteiger partial charge in [0.25, 0.3) is 0 Å². The van der Waals surface area contributed by atoms with E-state index in [0.29, 0.717) is 6.04 Å². The second kappa shape index (κ2) is 8.78. The van der Waals surface area contributed by atoms with E-state index in [-0.39, 0.29) is 0 Å². The molecule has 3 heteroatoms. The molecule has 0 heterocycles. The Morgan fingerprint density at radius 2 is 2.00 bits per heavy atom. The molecule has 1 unspecified atom stereocenters. The summed E-state index contributed by atoms with van der Waals surface area (Å²) >= 11 is 5.36. The average Bonchev–Trinajstić information content (AvgIpc) is 2.34. The van der Waals surface area contributed by atoms with Crippen molar-refractivity contribution >= 4 is 27.7 Å². The fourth-order valence-corrected chi connectivity index (χ4v) is 2.79. The highest BCUT2D eigenvalue weighted by Gasteiger charge is 2.05. The minimum atomic E-state index is 0.462. The predicted octanol–water partition coefficient (Wildman–Crippen LogP) is 4.88. The minimum Gasteiger partial charge on any atom is -0.310 e. The van der Waals surface area contributed by atoms with Crippen molar-refractivity contribution in [1.29, 1.82) is 0 Å². The molecular formula is C15H22BrNS. The van der Waals surface area contributed by atoms with Gasteiger partial charge in [-0.05, 0) is 51.1 Å². The van der Waals surface area contributed by atoms with Crippen molar-refractivity contribution in [3.8, 4) is 0 Å². The van der Waals surface area contributed by atoms with E-state index in [1.807, 2.05) is 11.8 Å². The highest BCUT2D eigenvalue weighted by molar-refractivity contribution is 9.10. The Balaban J connectivity index is 2.50. The molecular weight excluding hydrogens is 306 g/mol. The maximum absolute atomic E-state index is 3.58. The molecule has 1 N–H and O–H groups in total. The SMILES string of the molecule is CCCNC(C=C(C)C)CSc1ccc(Br)cc1. The molecule has 0 radical (unpaired) electrons. The monoisotopic (exact) mass is 327 g/mol. The zero-order chi connectivity index (χ0) is 13.4. The Bertz CT molecular complexity index is 369. The van der Waals surface area contributed by atoms with Crippen LogP contribution in [0, 0.1) is 0 Å². The van der Waals surface area contributed by atoms with Crippen LogP contribution in [0.4, 0.5) is 0 Å². The molecule has 1 aromatic carbocycles. The normalized spacial score (nSPS) is 12.2. The van der Waals surface area contributed by atoms with E-state index in [1.165, 1.54) is 16.9 Å². The largest absolute Gasteiger partial charge is 0.310 e. The predicted molar refractivity (Wildman–Crippen MR) is 86.4 cm³/mol. The summed E-state index contributed by atoms with van der Waals surface area (Å²) in [5.41, 5.74) is 1.38. The van der Waals surface area contributed by atoms with Gasteiger partial charge in [0.1, 0.15) is 0 Å². The first-order valence-electron chi connectivity index (χ1n) is 6.38. The molecule has 1 rings (SSSR count). The quantitative estimate of drug-likeness (QED) is 0.566. The number of hydrogen-bond donors (Lipinski definition) is 1. The lowest BCUT2D eigenvalue weighted by molar-refractivity contribution is 0.627. The fraction of sp³-hybridized carbons (Fsp3) is 0.467. The first-order valence-corrected chi connectivity index (χ1v) is 8.16. The Labute approximate surface area is 124 Å². The van der Waals surface area contributed by atoms with Crippen molar-refractivity contribution in [2.24, 2.45) is 0 Å². The van der Waals surface area contributed by atoms with Crippen molar-refractivity contribution < 1.29 is 0 Å². The lowest BCUT2D eigenvalue weighted by Crippen LogP contribution is -2.30. The zero-order valence-corrected chi connectivity index (χ0v) is 13.8. The summed E-state index contributed by atoms with van der Waals surface area (Å²) < 4.78 is 1.14. The van der Waals surface area contributed by atoms with Gasteiger partial charge in [0, 0.05) is 21.2 Å². The van der Waals surface area contributed by atoms with Gasteiger partial charge in [-0.3, -0.25) is 0 Å². The number of benzene rings is 1. The van der Waals surface area contributed by atoms with Gasteiger partial charge in [-0.1, -0.05) is 34.5 Å². The molecule has 1 nitrogen and oxygen atoms in total. The van der Waals surface area contributed by atoms with Crippen molar-refractivity contribution in [2.45, 2.75) is 38.1 Å². The molecule has 0 aliphatic heterocycles. The van der Waals surface area contributed by atoms with Crippen LogP contribution < -0.4 is 5.32 Å². The summed E-state index contributed by atoms with van der Waals surface area (Å²) in [6.07, 6.45) is 3.50. The molecule has 0 fully saturated rings. The number of nitrogens with one attached hydrogen (secondary N) is 1. The minimum absolute atomic E-state index is 0.462. The van der Waals surface area contributed by atoms with Gasteiger partial charge >= 0.3 is 0 Å². The van der Waals surface area contributed by atoms with Crippen molar-refractivity contribution in [3.05, 3.63) is 40.4 Å². The van der Waals surface area contributed by atoms with Gasteiger partial charge in [-0.25, -0.2) is 0 Å². The topological polar surface area (TPSA) is 12.0 Å². The van der Waals surface area contributed by atoms with E-state index in [2.05, 4.69) is 72.4 Å². The van der Waals surface area contributed by atoms with E-state index >= 15 is 0 Å². The lowest BCUT2D eigenvalue weighted by Gasteiger charge is -2.15. The Hall–Kier alpha value is -0.250. The van der Waals surface area contributed by atoms with Crippen molar-refractivity contribution in [3.63, 3.8) is 0 Å². The molecule has 0 aliphatic carbocycles. The average molecular weight is 328 g/mol. The van der Waals surface area contributed by atoms with Crippen LogP contribution in [0.15, 0.2) is 45.3 Å². The summed E-state index contributed by atoms with van der Waals surface area (Å²) in [7, 11) is 0. The molecule has 0 bridgehead atoms. The first-order chi connectivity index (χ1) is 8.61. The standard InChI is InChI=1S/C15H22BrNS/c1-4-9-17-14(10-12(2)3)11-18-15-7-5-13(16)6-8-15/h5-8,10,14,17H,4,9,11H2,1-3H3. The third-order valence-electron chi connectivity index (χ3n) is 2.43. The van der Waals surface area contributed by atoms with E-state index in [0.717, 1.165) is 16.8 Å². The third-order valence-corrected chi connectivity index (χ3v) is 4.09. The fourth-order valence-electron chi connectivity index (χ4n) is 1.61. The molecule has 0 amide bonds. The van der Waals surface area contributed by atoms with Crippen molar-refractivity contribution in [2.75, 3.05) is 12.3 Å². The van der Waals surface area contributed by atoms with Crippen molar-refractivity contribution in [1.82, 2.24) is 5.32 Å². The molecule has 100 valence electrons. The molecule has 1 aromatic rings. The van der Waals surface area contributed by atoms with Gasteiger partial charge in [0.2, 0.25) is 0 Å². The highest BCUT2D eigenvalue weighted by atomic mass is 79.9. The van der Waals surface area contributed by atoms with Crippen LogP contribution in [-0.4, -0.2) is 18.3 Å². The molecule has 0 aromatic heterocycles. The molecule has 0 aliphatic rings. The molecule has 1 atom stereocenters. The summed E-state index contributed by atoms with van der Waals surface area (Å²) in [6, 6.07) is 8.97. The summed E-state index contributed by atoms with van der Waals surface area (Å²) in [6.45, 7) is 7.60. The highest BCUT2D eigenvalue weighted by Crippen LogP contribution is 2.21. The van der Waals surface area contributed by atoms with Crippen LogP contribution >= 0.6 is 27.7 Å². The third kappa shape index (κ3) is 6.62. The molecule has 0 spiro atoms. The second-order valence-corrected chi connectivity index (χ2v) is 6.58. The van der Waals surface area contributed by atoms with Gasteiger partial charge in [-0.2, -0.15) is 0 Å². The second-order valence-electron chi connectivity index (χ2n) is 4.57. The number of allylic oxidation sites excluding steroid dienone is 1. The van der Waals surface area contributed by atoms with Crippen LogP contribution in [0.3, 0.4) is 0 Å². The van der Waals surface area contributed by atoms with Gasteiger partial charge < -0.3 is 5.32 Å². The maximum atomic E-state index is 3.58. The Kier molecular flexibility index (Phi) is 7.71. The van der Waals surface area contributed by atoms with Crippen LogP contribution in [0.25, 0.3) is 0 Å². The summed E-state index contributed by atoms with van der Waals surface area (Å²) in [5.74, 6) is 1.08. The zero-order valence-electron chi connectivity index (χ0n) is 11.4.